The van der Waals surface area contributed by atoms with E-state index in [-0.39, 0.29) is 0 Å². The highest BCUT2D eigenvalue weighted by molar-refractivity contribution is 5.75. The lowest BCUT2D eigenvalue weighted by molar-refractivity contribution is 0.325. The van der Waals surface area contributed by atoms with Crippen LogP contribution in [0, 0.1) is 0 Å². The summed E-state index contributed by atoms with van der Waals surface area (Å²) >= 11 is 0. The first-order chi connectivity index (χ1) is 8.31. The molecule has 2 aromatic rings. The molecule has 0 fully saturated rings. The van der Waals surface area contributed by atoms with Crippen LogP contribution in [0.3, 0.4) is 0 Å². The Balaban J connectivity index is 2.61. The Kier molecular flexibility index (Phi) is 3.18. The third-order valence-corrected chi connectivity index (χ3v) is 2.51. The third kappa shape index (κ3) is 1.91. The Hall–Kier alpha value is -2.17. The van der Waals surface area contributed by atoms with Crippen molar-refractivity contribution in [1.82, 2.24) is 10.2 Å². The van der Waals surface area contributed by atoms with Gasteiger partial charge in [0.25, 0.3) is 0 Å². The zero-order valence-corrected chi connectivity index (χ0v) is 9.98. The van der Waals surface area contributed by atoms with Gasteiger partial charge in [0.05, 0.1) is 27.5 Å². The van der Waals surface area contributed by atoms with Gasteiger partial charge in [-0.1, -0.05) is 0 Å². The molecular weight excluding hydrogens is 220 g/mol. The molecule has 0 aliphatic carbocycles. The van der Waals surface area contributed by atoms with E-state index in [1.54, 1.807) is 33.7 Å². The second-order valence-electron chi connectivity index (χ2n) is 3.37. The van der Waals surface area contributed by atoms with E-state index in [1.165, 1.54) is 0 Å². The molecule has 0 aliphatic heterocycles. The molecule has 5 nitrogen and oxygen atoms in total. The van der Waals surface area contributed by atoms with E-state index < -0.39 is 0 Å². The molecular formula is C12H14N2O3. The van der Waals surface area contributed by atoms with Crippen molar-refractivity contribution in [2.75, 3.05) is 21.3 Å². The van der Waals surface area contributed by atoms with Crippen LogP contribution in [-0.2, 0) is 0 Å². The SMILES string of the molecule is COc1ccc(-c2cn[nH]c2)c(OC)c1OC. The van der Waals surface area contributed by atoms with Crippen LogP contribution in [0.1, 0.15) is 0 Å². The summed E-state index contributed by atoms with van der Waals surface area (Å²) in [6, 6.07) is 3.74. The highest BCUT2D eigenvalue weighted by Crippen LogP contribution is 2.43. The highest BCUT2D eigenvalue weighted by Gasteiger charge is 2.17. The van der Waals surface area contributed by atoms with Gasteiger partial charge in [-0.3, -0.25) is 5.10 Å². The zero-order chi connectivity index (χ0) is 12.3. The number of methoxy groups -OCH3 is 3. The molecule has 0 saturated heterocycles. The smallest absolute Gasteiger partial charge is 0.203 e. The molecule has 0 bridgehead atoms. The lowest BCUT2D eigenvalue weighted by Crippen LogP contribution is -1.96. The first kappa shape index (κ1) is 11.3. The van der Waals surface area contributed by atoms with E-state index in [2.05, 4.69) is 10.2 Å². The highest BCUT2D eigenvalue weighted by atomic mass is 16.5. The van der Waals surface area contributed by atoms with Crippen LogP contribution in [0.5, 0.6) is 17.2 Å². The van der Waals surface area contributed by atoms with Crippen LogP contribution in [-0.4, -0.2) is 31.5 Å². The molecule has 0 radical (unpaired) electrons. The summed E-state index contributed by atoms with van der Waals surface area (Å²) in [6.45, 7) is 0. The Morgan fingerprint density at radius 2 is 1.76 bits per heavy atom. The van der Waals surface area contributed by atoms with Crippen molar-refractivity contribution in [2.45, 2.75) is 0 Å². The Bertz CT molecular complexity index is 495. The van der Waals surface area contributed by atoms with Gasteiger partial charge in [-0.05, 0) is 12.1 Å². The maximum Gasteiger partial charge on any atom is 0.203 e. The average molecular weight is 234 g/mol. The molecule has 0 spiro atoms. The molecule has 5 heteroatoms. The minimum absolute atomic E-state index is 0.578. The number of nitrogens with one attached hydrogen (secondary N) is 1. The molecule has 1 heterocycles. The molecule has 0 unspecified atom stereocenters. The van der Waals surface area contributed by atoms with Crippen molar-refractivity contribution < 1.29 is 14.2 Å². The van der Waals surface area contributed by atoms with E-state index >= 15 is 0 Å². The van der Waals surface area contributed by atoms with Crippen LogP contribution in [0.2, 0.25) is 0 Å². The summed E-state index contributed by atoms with van der Waals surface area (Å²) in [7, 11) is 4.77. The summed E-state index contributed by atoms with van der Waals surface area (Å²) < 4.78 is 15.9. The number of ether oxygens (including phenoxy) is 3. The van der Waals surface area contributed by atoms with Crippen LogP contribution < -0.4 is 14.2 Å². The Morgan fingerprint density at radius 3 is 2.29 bits per heavy atom. The Morgan fingerprint density at radius 1 is 1.00 bits per heavy atom. The molecule has 0 aliphatic rings. The standard InChI is InChI=1S/C12H14N2O3/c1-15-10-5-4-9(8-6-13-14-7-8)11(16-2)12(10)17-3/h4-7H,1-3H3,(H,13,14). The number of hydrogen-bond donors (Lipinski definition) is 1. The minimum Gasteiger partial charge on any atom is -0.493 e. The average Bonchev–Trinajstić information content (AvgIpc) is 2.90. The van der Waals surface area contributed by atoms with Crippen LogP contribution >= 0.6 is 0 Å². The quantitative estimate of drug-likeness (QED) is 0.880. The van der Waals surface area contributed by atoms with Crippen LogP contribution in [0.15, 0.2) is 24.5 Å². The normalized spacial score (nSPS) is 10.1. The van der Waals surface area contributed by atoms with E-state index in [1.807, 2.05) is 12.1 Å². The fraction of sp³-hybridized carbons (Fsp3) is 0.250. The monoisotopic (exact) mass is 234 g/mol. The summed E-state index contributed by atoms with van der Waals surface area (Å²) in [5.41, 5.74) is 1.83. The van der Waals surface area contributed by atoms with Crippen LogP contribution in [0.25, 0.3) is 11.1 Å². The van der Waals surface area contributed by atoms with E-state index in [4.69, 9.17) is 14.2 Å². The predicted molar refractivity (Wildman–Crippen MR) is 63.7 cm³/mol. The van der Waals surface area contributed by atoms with Crippen molar-refractivity contribution in [1.29, 1.82) is 0 Å². The zero-order valence-electron chi connectivity index (χ0n) is 9.98. The number of aromatic nitrogens is 2. The molecule has 0 saturated carbocycles. The van der Waals surface area contributed by atoms with E-state index in [0.717, 1.165) is 11.1 Å². The minimum atomic E-state index is 0.578. The molecule has 0 amide bonds. The van der Waals surface area contributed by atoms with Crippen molar-refractivity contribution in [3.8, 4) is 28.4 Å². The number of benzene rings is 1. The fourth-order valence-corrected chi connectivity index (χ4v) is 1.73. The molecule has 17 heavy (non-hydrogen) atoms. The number of H-pyrrole nitrogens is 1. The fourth-order valence-electron chi connectivity index (χ4n) is 1.73. The molecule has 1 N–H and O–H groups in total. The molecule has 2 rings (SSSR count). The van der Waals surface area contributed by atoms with E-state index in [0.29, 0.717) is 17.2 Å². The number of aromatic amines is 1. The van der Waals surface area contributed by atoms with Gasteiger partial charge in [0, 0.05) is 17.3 Å². The van der Waals surface area contributed by atoms with Crippen molar-refractivity contribution >= 4 is 0 Å². The lowest BCUT2D eigenvalue weighted by atomic mass is 10.1. The van der Waals surface area contributed by atoms with Crippen LogP contribution in [0.4, 0.5) is 0 Å². The van der Waals surface area contributed by atoms with Gasteiger partial charge in [0.1, 0.15) is 0 Å². The predicted octanol–water partition coefficient (Wildman–Crippen LogP) is 2.10. The summed E-state index contributed by atoms with van der Waals surface area (Å²) in [6.07, 6.45) is 3.52. The summed E-state index contributed by atoms with van der Waals surface area (Å²) in [4.78, 5) is 0. The second-order valence-corrected chi connectivity index (χ2v) is 3.37. The van der Waals surface area contributed by atoms with Crippen molar-refractivity contribution in [2.24, 2.45) is 0 Å². The maximum atomic E-state index is 5.39. The van der Waals surface area contributed by atoms with Gasteiger partial charge in [-0.2, -0.15) is 5.10 Å². The molecule has 1 aromatic heterocycles. The van der Waals surface area contributed by atoms with Crippen molar-refractivity contribution in [3.05, 3.63) is 24.5 Å². The number of hydrogen-bond acceptors (Lipinski definition) is 4. The third-order valence-electron chi connectivity index (χ3n) is 2.51. The van der Waals surface area contributed by atoms with Gasteiger partial charge in [0.2, 0.25) is 5.75 Å². The van der Waals surface area contributed by atoms with Gasteiger partial charge >= 0.3 is 0 Å². The first-order valence-corrected chi connectivity index (χ1v) is 5.10. The number of nitrogens with zero attached hydrogens (tertiary/aromatic N) is 1. The second kappa shape index (κ2) is 4.78. The lowest BCUT2D eigenvalue weighted by Gasteiger charge is -2.14. The van der Waals surface area contributed by atoms with E-state index in [9.17, 15) is 0 Å². The topological polar surface area (TPSA) is 56.4 Å². The summed E-state index contributed by atoms with van der Waals surface area (Å²) in [5, 5.41) is 6.69. The first-order valence-electron chi connectivity index (χ1n) is 5.10. The number of rotatable bonds is 4. The van der Waals surface area contributed by atoms with Gasteiger partial charge in [-0.15, -0.1) is 0 Å². The molecule has 90 valence electrons. The molecule has 1 aromatic carbocycles. The molecule has 0 atom stereocenters. The van der Waals surface area contributed by atoms with Gasteiger partial charge in [-0.25, -0.2) is 0 Å². The Labute approximate surface area is 99.3 Å². The van der Waals surface area contributed by atoms with Crippen molar-refractivity contribution in [3.63, 3.8) is 0 Å². The maximum absolute atomic E-state index is 5.39. The van der Waals surface area contributed by atoms with Gasteiger partial charge in [0.15, 0.2) is 11.5 Å². The van der Waals surface area contributed by atoms with Gasteiger partial charge < -0.3 is 14.2 Å². The summed E-state index contributed by atoms with van der Waals surface area (Å²) in [5.74, 6) is 1.85. The largest absolute Gasteiger partial charge is 0.493 e.